The van der Waals surface area contributed by atoms with Crippen LogP contribution in [-0.2, 0) is 14.8 Å². The molecule has 3 aliphatic heterocycles. The minimum absolute atomic E-state index is 0.0777. The van der Waals surface area contributed by atoms with Crippen molar-refractivity contribution >= 4 is 16.0 Å². The van der Waals surface area contributed by atoms with E-state index in [1.807, 2.05) is 0 Å². The number of aryl methyl sites for hydroxylation is 1. The van der Waals surface area contributed by atoms with Crippen LogP contribution in [0.25, 0.3) is 0 Å². The zero-order valence-electron chi connectivity index (χ0n) is 12.6. The second-order valence-electron chi connectivity index (χ2n) is 6.28. The lowest BCUT2D eigenvalue weighted by Crippen LogP contribution is -2.38. The Hall–Kier alpha value is -1.80. The minimum atomic E-state index is -3.76. The maximum Gasteiger partial charge on any atom is 0.308 e. The molecule has 0 aliphatic carbocycles. The van der Waals surface area contributed by atoms with Crippen molar-refractivity contribution in [1.29, 1.82) is 0 Å². The number of carboxylic acid groups (broad SMARTS) is 1. The Morgan fingerprint density at radius 1 is 1.26 bits per heavy atom. The Morgan fingerprint density at radius 3 is 2.61 bits per heavy atom. The molecule has 8 heteroatoms. The highest BCUT2D eigenvalue weighted by Gasteiger charge is 2.54. The molecule has 3 heterocycles. The molecule has 4 rings (SSSR count). The molecule has 0 saturated carbocycles. The Bertz CT molecular complexity index is 789. The van der Waals surface area contributed by atoms with Gasteiger partial charge in [0.05, 0.1) is 10.8 Å². The Morgan fingerprint density at radius 2 is 1.96 bits per heavy atom. The number of carboxylic acids is 1. The summed E-state index contributed by atoms with van der Waals surface area (Å²) >= 11 is 0. The molecule has 2 bridgehead atoms. The fourth-order valence-corrected chi connectivity index (χ4v) is 6.14. The Labute approximate surface area is 133 Å². The topological polar surface area (TPSA) is 93.1 Å². The molecule has 0 amide bonds. The highest BCUT2D eigenvalue weighted by atomic mass is 32.2. The van der Waals surface area contributed by atoms with Gasteiger partial charge in [-0.05, 0) is 37.8 Å². The lowest BCUT2D eigenvalue weighted by atomic mass is 9.89. The number of carbonyl (C=O) groups is 1. The van der Waals surface area contributed by atoms with Gasteiger partial charge in [0.15, 0.2) is 11.5 Å². The molecule has 3 atom stereocenters. The third-order valence-corrected chi connectivity index (χ3v) is 7.14. The number of aliphatic carboxylic acids is 1. The second kappa shape index (κ2) is 4.85. The van der Waals surface area contributed by atoms with E-state index in [1.54, 1.807) is 13.0 Å². The normalized spacial score (nSPS) is 29.2. The van der Waals surface area contributed by atoms with Crippen LogP contribution in [0.5, 0.6) is 11.5 Å². The van der Waals surface area contributed by atoms with Crippen molar-refractivity contribution in [2.24, 2.45) is 5.92 Å². The first-order valence-corrected chi connectivity index (χ1v) is 9.00. The van der Waals surface area contributed by atoms with Gasteiger partial charge in [-0.25, -0.2) is 8.42 Å². The number of nitrogens with zero attached hydrogens (tertiary/aromatic N) is 1. The third-order valence-electron chi connectivity index (χ3n) is 5.02. The third kappa shape index (κ3) is 2.05. The molecule has 2 fully saturated rings. The van der Waals surface area contributed by atoms with E-state index in [2.05, 4.69) is 0 Å². The van der Waals surface area contributed by atoms with Crippen molar-refractivity contribution in [3.63, 3.8) is 0 Å². The standard InChI is InChI=1S/C15H17NO6S/c1-8-4-12-13(22-7-21-12)6-14(8)23(19,20)16-9-2-3-11(16)10(5-9)15(17)18/h4,6,9-11H,2-3,5,7H2,1H3,(H,17,18). The van der Waals surface area contributed by atoms with E-state index in [1.165, 1.54) is 10.4 Å². The van der Waals surface area contributed by atoms with Crippen molar-refractivity contribution in [1.82, 2.24) is 4.31 Å². The van der Waals surface area contributed by atoms with Crippen LogP contribution in [0.3, 0.4) is 0 Å². The minimum Gasteiger partial charge on any atom is -0.481 e. The Balaban J connectivity index is 1.76. The van der Waals surface area contributed by atoms with E-state index in [-0.39, 0.29) is 17.7 Å². The lowest BCUT2D eigenvalue weighted by molar-refractivity contribution is -0.142. The second-order valence-corrected chi connectivity index (χ2v) is 8.10. The summed E-state index contributed by atoms with van der Waals surface area (Å²) in [4.78, 5) is 11.5. The summed E-state index contributed by atoms with van der Waals surface area (Å²) in [6.45, 7) is 1.79. The molecule has 1 aromatic carbocycles. The number of fused-ring (bicyclic) bond motifs is 3. The van der Waals surface area contributed by atoms with Crippen molar-refractivity contribution in [2.45, 2.75) is 43.2 Å². The van der Waals surface area contributed by atoms with E-state index in [0.29, 0.717) is 29.9 Å². The van der Waals surface area contributed by atoms with Gasteiger partial charge in [0.2, 0.25) is 16.8 Å². The van der Waals surface area contributed by atoms with Crippen LogP contribution in [0.2, 0.25) is 0 Å². The van der Waals surface area contributed by atoms with Crippen molar-refractivity contribution < 1.29 is 27.8 Å². The predicted molar refractivity (Wildman–Crippen MR) is 78.9 cm³/mol. The van der Waals surface area contributed by atoms with Gasteiger partial charge in [-0.1, -0.05) is 0 Å². The summed E-state index contributed by atoms with van der Waals surface area (Å²) in [5.41, 5.74) is 0.576. The van der Waals surface area contributed by atoms with Crippen molar-refractivity contribution in [2.75, 3.05) is 6.79 Å². The molecule has 2 saturated heterocycles. The van der Waals surface area contributed by atoms with Crippen molar-refractivity contribution in [3.8, 4) is 11.5 Å². The van der Waals surface area contributed by atoms with Crippen molar-refractivity contribution in [3.05, 3.63) is 17.7 Å². The molecule has 0 radical (unpaired) electrons. The van der Waals surface area contributed by atoms with E-state index >= 15 is 0 Å². The summed E-state index contributed by atoms with van der Waals surface area (Å²) in [6, 6.07) is 2.46. The van der Waals surface area contributed by atoms with Crippen LogP contribution in [0.4, 0.5) is 0 Å². The van der Waals surface area contributed by atoms with E-state index in [0.717, 1.165) is 6.42 Å². The highest BCUT2D eigenvalue weighted by molar-refractivity contribution is 7.89. The molecule has 7 nitrogen and oxygen atoms in total. The zero-order valence-corrected chi connectivity index (χ0v) is 13.4. The molecular weight excluding hydrogens is 322 g/mol. The first-order chi connectivity index (χ1) is 10.9. The van der Waals surface area contributed by atoms with Gasteiger partial charge in [0.25, 0.3) is 0 Å². The molecule has 1 N–H and O–H groups in total. The summed E-state index contributed by atoms with van der Waals surface area (Å²) < 4.78 is 38.2. The molecule has 1 aromatic rings. The van der Waals surface area contributed by atoms with Crippen LogP contribution < -0.4 is 9.47 Å². The van der Waals surface area contributed by atoms with E-state index in [4.69, 9.17) is 9.47 Å². The van der Waals surface area contributed by atoms with Gasteiger partial charge in [-0.3, -0.25) is 4.79 Å². The van der Waals surface area contributed by atoms with Gasteiger partial charge in [-0.2, -0.15) is 4.31 Å². The number of hydrogen-bond acceptors (Lipinski definition) is 5. The maximum absolute atomic E-state index is 13.1. The molecule has 3 unspecified atom stereocenters. The van der Waals surface area contributed by atoms with Crippen LogP contribution in [0, 0.1) is 12.8 Å². The number of benzene rings is 1. The average molecular weight is 339 g/mol. The van der Waals surface area contributed by atoms with Crippen LogP contribution >= 0.6 is 0 Å². The van der Waals surface area contributed by atoms with Gasteiger partial charge in [0, 0.05) is 18.2 Å². The molecule has 124 valence electrons. The molecule has 0 aromatic heterocycles. The molecule has 3 aliphatic rings. The zero-order chi connectivity index (χ0) is 16.4. The largest absolute Gasteiger partial charge is 0.481 e. The number of rotatable bonds is 3. The quantitative estimate of drug-likeness (QED) is 0.893. The lowest BCUT2D eigenvalue weighted by Gasteiger charge is -2.23. The van der Waals surface area contributed by atoms with Crippen LogP contribution in [0.15, 0.2) is 17.0 Å². The van der Waals surface area contributed by atoms with E-state index < -0.39 is 28.0 Å². The van der Waals surface area contributed by atoms with Gasteiger partial charge in [0.1, 0.15) is 0 Å². The summed E-state index contributed by atoms with van der Waals surface area (Å²) in [5.74, 6) is -0.581. The van der Waals surface area contributed by atoms with Gasteiger partial charge < -0.3 is 14.6 Å². The number of sulfonamides is 1. The first kappa shape index (κ1) is 14.8. The monoisotopic (exact) mass is 339 g/mol. The van der Waals surface area contributed by atoms with Crippen LogP contribution in [-0.4, -0.2) is 42.7 Å². The summed E-state index contributed by atoms with van der Waals surface area (Å²) in [5, 5.41) is 9.31. The SMILES string of the molecule is Cc1cc2c(cc1S(=O)(=O)N1C3CCC1C(C(=O)O)C3)OCO2. The average Bonchev–Trinajstić information content (AvgIpc) is 3.19. The number of ether oxygens (including phenoxy) is 2. The highest BCUT2D eigenvalue weighted by Crippen LogP contribution is 2.46. The fourth-order valence-electron chi connectivity index (χ4n) is 4.00. The molecular formula is C15H17NO6S. The fraction of sp³-hybridized carbons (Fsp3) is 0.533. The first-order valence-electron chi connectivity index (χ1n) is 7.56. The smallest absolute Gasteiger partial charge is 0.308 e. The summed E-state index contributed by atoms with van der Waals surface area (Å²) in [6.07, 6.45) is 1.71. The maximum atomic E-state index is 13.1. The summed E-state index contributed by atoms with van der Waals surface area (Å²) in [7, 11) is -3.76. The number of hydrogen-bond donors (Lipinski definition) is 1. The van der Waals surface area contributed by atoms with Gasteiger partial charge >= 0.3 is 5.97 Å². The van der Waals surface area contributed by atoms with Gasteiger partial charge in [-0.15, -0.1) is 0 Å². The molecule has 23 heavy (non-hydrogen) atoms. The Kier molecular flexibility index (Phi) is 3.11. The predicted octanol–water partition coefficient (Wildman–Crippen LogP) is 1.35. The molecule has 0 spiro atoms. The van der Waals surface area contributed by atoms with Crippen LogP contribution in [0.1, 0.15) is 24.8 Å². The van der Waals surface area contributed by atoms with E-state index in [9.17, 15) is 18.3 Å².